The highest BCUT2D eigenvalue weighted by molar-refractivity contribution is 6.35. The Bertz CT molecular complexity index is 561. The molecule has 1 fully saturated rings. The molecule has 2 N–H and O–H groups in total. The van der Waals surface area contributed by atoms with E-state index in [-0.39, 0.29) is 0 Å². The molecule has 1 saturated carbocycles. The number of halogens is 2. The van der Waals surface area contributed by atoms with Gasteiger partial charge in [-0.15, -0.1) is 0 Å². The Kier molecular flexibility index (Phi) is 3.02. The van der Waals surface area contributed by atoms with Gasteiger partial charge in [-0.3, -0.25) is 4.98 Å². The van der Waals surface area contributed by atoms with Crippen molar-refractivity contribution in [3.05, 3.63) is 52.1 Å². The summed E-state index contributed by atoms with van der Waals surface area (Å²) < 4.78 is 0. The SMILES string of the molecule is NC1CC1c1ccc(-c2cc(Cl)cc(Cl)c2)nc1. The summed E-state index contributed by atoms with van der Waals surface area (Å²) in [5.41, 5.74) is 8.83. The van der Waals surface area contributed by atoms with Crippen molar-refractivity contribution < 1.29 is 0 Å². The van der Waals surface area contributed by atoms with Crippen LogP contribution in [0.3, 0.4) is 0 Å². The van der Waals surface area contributed by atoms with Crippen molar-refractivity contribution in [2.75, 3.05) is 0 Å². The van der Waals surface area contributed by atoms with Crippen LogP contribution in [-0.4, -0.2) is 11.0 Å². The molecule has 0 bridgehead atoms. The molecule has 1 aliphatic rings. The van der Waals surface area contributed by atoms with Crippen molar-refractivity contribution in [3.8, 4) is 11.3 Å². The molecule has 1 aromatic carbocycles. The van der Waals surface area contributed by atoms with E-state index < -0.39 is 0 Å². The molecule has 1 aliphatic carbocycles. The second-order valence-electron chi connectivity index (χ2n) is 4.64. The highest BCUT2D eigenvalue weighted by atomic mass is 35.5. The second-order valence-corrected chi connectivity index (χ2v) is 5.51. The van der Waals surface area contributed by atoms with Gasteiger partial charge in [0.2, 0.25) is 0 Å². The van der Waals surface area contributed by atoms with Gasteiger partial charge in [0.15, 0.2) is 0 Å². The summed E-state index contributed by atoms with van der Waals surface area (Å²) in [6.45, 7) is 0. The molecule has 2 atom stereocenters. The van der Waals surface area contributed by atoms with Crippen LogP contribution < -0.4 is 5.73 Å². The van der Waals surface area contributed by atoms with Gasteiger partial charge in [-0.1, -0.05) is 29.3 Å². The second kappa shape index (κ2) is 4.54. The van der Waals surface area contributed by atoms with Crippen LogP contribution in [0.1, 0.15) is 17.9 Å². The summed E-state index contributed by atoms with van der Waals surface area (Å²) in [6.07, 6.45) is 2.95. The van der Waals surface area contributed by atoms with E-state index in [2.05, 4.69) is 11.1 Å². The van der Waals surface area contributed by atoms with Gasteiger partial charge in [0, 0.05) is 33.8 Å². The topological polar surface area (TPSA) is 38.9 Å². The van der Waals surface area contributed by atoms with Crippen molar-refractivity contribution in [2.24, 2.45) is 5.73 Å². The number of rotatable bonds is 2. The fourth-order valence-electron chi connectivity index (χ4n) is 2.10. The monoisotopic (exact) mass is 278 g/mol. The number of pyridine rings is 1. The zero-order chi connectivity index (χ0) is 12.7. The van der Waals surface area contributed by atoms with Gasteiger partial charge in [0.1, 0.15) is 0 Å². The van der Waals surface area contributed by atoms with Gasteiger partial charge < -0.3 is 5.73 Å². The number of nitrogens with two attached hydrogens (primary N) is 1. The molecule has 0 aliphatic heterocycles. The van der Waals surface area contributed by atoms with Crippen LogP contribution >= 0.6 is 23.2 Å². The van der Waals surface area contributed by atoms with Crippen LogP contribution in [0.4, 0.5) is 0 Å². The minimum Gasteiger partial charge on any atom is -0.327 e. The lowest BCUT2D eigenvalue weighted by molar-refractivity contribution is 0.981. The van der Waals surface area contributed by atoms with E-state index in [1.54, 1.807) is 6.07 Å². The van der Waals surface area contributed by atoms with Crippen molar-refractivity contribution in [2.45, 2.75) is 18.4 Å². The predicted molar refractivity (Wildman–Crippen MR) is 75.0 cm³/mol. The highest BCUT2D eigenvalue weighted by Crippen LogP contribution is 2.39. The van der Waals surface area contributed by atoms with Crippen LogP contribution in [0.15, 0.2) is 36.5 Å². The molecule has 18 heavy (non-hydrogen) atoms. The van der Waals surface area contributed by atoms with Gasteiger partial charge in [-0.05, 0) is 36.2 Å². The van der Waals surface area contributed by atoms with Gasteiger partial charge in [-0.2, -0.15) is 0 Å². The van der Waals surface area contributed by atoms with Crippen molar-refractivity contribution >= 4 is 23.2 Å². The Labute approximate surface area is 116 Å². The fourth-order valence-corrected chi connectivity index (χ4v) is 2.62. The quantitative estimate of drug-likeness (QED) is 0.906. The lowest BCUT2D eigenvalue weighted by Crippen LogP contribution is -2.01. The van der Waals surface area contributed by atoms with Crippen LogP contribution in [0.25, 0.3) is 11.3 Å². The molecule has 3 rings (SSSR count). The molecule has 4 heteroatoms. The van der Waals surface area contributed by atoms with E-state index in [1.165, 1.54) is 5.56 Å². The lowest BCUT2D eigenvalue weighted by atomic mass is 10.1. The van der Waals surface area contributed by atoms with Crippen LogP contribution in [-0.2, 0) is 0 Å². The first-order chi connectivity index (χ1) is 8.63. The maximum absolute atomic E-state index is 5.98. The molecule has 1 aromatic heterocycles. The average molecular weight is 279 g/mol. The Morgan fingerprint density at radius 1 is 1.11 bits per heavy atom. The first-order valence-electron chi connectivity index (χ1n) is 5.81. The zero-order valence-electron chi connectivity index (χ0n) is 9.61. The summed E-state index contributed by atoms with van der Waals surface area (Å²) >= 11 is 12.0. The van der Waals surface area contributed by atoms with Crippen molar-refractivity contribution in [1.82, 2.24) is 4.98 Å². The molecule has 2 nitrogen and oxygen atoms in total. The van der Waals surface area contributed by atoms with Crippen LogP contribution in [0.2, 0.25) is 10.0 Å². The molecule has 2 unspecified atom stereocenters. The number of hydrogen-bond acceptors (Lipinski definition) is 2. The molecular weight excluding hydrogens is 267 g/mol. The first-order valence-corrected chi connectivity index (χ1v) is 6.57. The average Bonchev–Trinajstić information content (AvgIpc) is 3.05. The summed E-state index contributed by atoms with van der Waals surface area (Å²) in [6, 6.07) is 9.80. The predicted octanol–water partition coefficient (Wildman–Crippen LogP) is 3.87. The van der Waals surface area contributed by atoms with E-state index in [1.807, 2.05) is 24.4 Å². The van der Waals surface area contributed by atoms with E-state index in [0.717, 1.165) is 17.7 Å². The molecular formula is C14H12Cl2N2. The third kappa shape index (κ3) is 2.37. The standard InChI is InChI=1S/C14H12Cl2N2/c15-10-3-9(4-11(16)5-10)14-2-1-8(7-18-14)12-6-13(12)17/h1-5,7,12-13H,6,17H2. The van der Waals surface area contributed by atoms with Gasteiger partial charge in [0.25, 0.3) is 0 Å². The summed E-state index contributed by atoms with van der Waals surface area (Å²) in [5.74, 6) is 0.481. The van der Waals surface area contributed by atoms with E-state index in [4.69, 9.17) is 28.9 Å². The van der Waals surface area contributed by atoms with Crippen molar-refractivity contribution in [3.63, 3.8) is 0 Å². The molecule has 0 radical (unpaired) electrons. The molecule has 0 saturated heterocycles. The third-order valence-electron chi connectivity index (χ3n) is 3.21. The van der Waals surface area contributed by atoms with Gasteiger partial charge in [-0.25, -0.2) is 0 Å². The Hall–Kier alpha value is -1.09. The van der Waals surface area contributed by atoms with Crippen LogP contribution in [0, 0.1) is 0 Å². The third-order valence-corrected chi connectivity index (χ3v) is 3.65. The largest absolute Gasteiger partial charge is 0.327 e. The van der Waals surface area contributed by atoms with E-state index in [9.17, 15) is 0 Å². The maximum Gasteiger partial charge on any atom is 0.0703 e. The smallest absolute Gasteiger partial charge is 0.0703 e. The molecule has 0 spiro atoms. The molecule has 2 aromatic rings. The molecule has 1 heterocycles. The normalized spacial score (nSPS) is 21.9. The zero-order valence-corrected chi connectivity index (χ0v) is 11.1. The Balaban J connectivity index is 1.92. The maximum atomic E-state index is 5.98. The molecule has 0 amide bonds. The number of nitrogens with zero attached hydrogens (tertiary/aromatic N) is 1. The lowest BCUT2D eigenvalue weighted by Gasteiger charge is -2.04. The minimum atomic E-state index is 0.304. The number of benzene rings is 1. The summed E-state index contributed by atoms with van der Waals surface area (Å²) in [4.78, 5) is 4.45. The van der Waals surface area contributed by atoms with Crippen molar-refractivity contribution in [1.29, 1.82) is 0 Å². The fraction of sp³-hybridized carbons (Fsp3) is 0.214. The minimum absolute atomic E-state index is 0.304. The molecule has 92 valence electrons. The van der Waals surface area contributed by atoms with Gasteiger partial charge >= 0.3 is 0 Å². The Morgan fingerprint density at radius 2 is 1.78 bits per heavy atom. The van der Waals surface area contributed by atoms with E-state index in [0.29, 0.717) is 22.0 Å². The van der Waals surface area contributed by atoms with Gasteiger partial charge in [0.05, 0.1) is 5.69 Å². The summed E-state index contributed by atoms with van der Waals surface area (Å²) in [5, 5.41) is 1.24. The number of aromatic nitrogens is 1. The Morgan fingerprint density at radius 3 is 2.28 bits per heavy atom. The van der Waals surface area contributed by atoms with Crippen LogP contribution in [0.5, 0.6) is 0 Å². The van der Waals surface area contributed by atoms with E-state index >= 15 is 0 Å². The first kappa shape index (κ1) is 12.0. The highest BCUT2D eigenvalue weighted by Gasteiger charge is 2.34. The number of hydrogen-bond donors (Lipinski definition) is 1. The summed E-state index contributed by atoms with van der Waals surface area (Å²) in [7, 11) is 0.